The minimum atomic E-state index is -4.74. The normalized spacial score (nSPS) is 14.8. The van der Waals surface area contributed by atoms with Gasteiger partial charge in [-0.15, -0.1) is 13.2 Å². The van der Waals surface area contributed by atoms with Gasteiger partial charge in [0, 0.05) is 17.7 Å². The van der Waals surface area contributed by atoms with Crippen molar-refractivity contribution >= 4 is 11.6 Å². The molecular formula is C15H12F3N5O. The van der Waals surface area contributed by atoms with Crippen LogP contribution in [-0.4, -0.2) is 32.0 Å². The van der Waals surface area contributed by atoms with Gasteiger partial charge in [0.15, 0.2) is 11.5 Å². The highest BCUT2D eigenvalue weighted by Crippen LogP contribution is 2.28. The van der Waals surface area contributed by atoms with E-state index in [9.17, 15) is 13.2 Å². The summed E-state index contributed by atoms with van der Waals surface area (Å²) >= 11 is 0. The average molecular weight is 335 g/mol. The van der Waals surface area contributed by atoms with Gasteiger partial charge < -0.3 is 10.1 Å². The lowest BCUT2D eigenvalue weighted by molar-refractivity contribution is -0.274. The van der Waals surface area contributed by atoms with E-state index in [1.807, 2.05) is 0 Å². The van der Waals surface area contributed by atoms with E-state index in [0.29, 0.717) is 29.0 Å². The van der Waals surface area contributed by atoms with Crippen molar-refractivity contribution in [2.75, 3.05) is 5.32 Å². The molecule has 24 heavy (non-hydrogen) atoms. The molecule has 124 valence electrons. The van der Waals surface area contributed by atoms with Gasteiger partial charge in [-0.25, -0.2) is 4.98 Å². The van der Waals surface area contributed by atoms with E-state index in [2.05, 4.69) is 25.1 Å². The van der Waals surface area contributed by atoms with Crippen molar-refractivity contribution in [3.63, 3.8) is 0 Å². The maximum Gasteiger partial charge on any atom is 0.573 e. The van der Waals surface area contributed by atoms with Crippen LogP contribution in [0.5, 0.6) is 5.75 Å². The number of nitrogens with one attached hydrogen (secondary N) is 1. The van der Waals surface area contributed by atoms with Gasteiger partial charge in [0.25, 0.3) is 0 Å². The van der Waals surface area contributed by atoms with Crippen molar-refractivity contribution in [2.45, 2.75) is 25.2 Å². The number of hydrogen-bond acceptors (Lipinski definition) is 5. The van der Waals surface area contributed by atoms with Crippen LogP contribution in [0.3, 0.4) is 0 Å². The molecule has 0 bridgehead atoms. The van der Waals surface area contributed by atoms with Crippen molar-refractivity contribution in [1.29, 1.82) is 0 Å². The molecule has 0 amide bonds. The van der Waals surface area contributed by atoms with Gasteiger partial charge in [-0.3, -0.25) is 0 Å². The summed E-state index contributed by atoms with van der Waals surface area (Å²) in [5.74, 6) is 0.511. The van der Waals surface area contributed by atoms with Gasteiger partial charge in [-0.2, -0.15) is 14.6 Å². The monoisotopic (exact) mass is 335 g/mol. The Labute approximate surface area is 134 Å². The number of rotatable bonds is 4. The number of fused-ring (bicyclic) bond motifs is 1. The Morgan fingerprint density at radius 1 is 1.17 bits per heavy atom. The van der Waals surface area contributed by atoms with Crippen LogP contribution in [0.4, 0.5) is 19.1 Å². The third-order valence-electron chi connectivity index (χ3n) is 3.49. The second-order valence-corrected chi connectivity index (χ2v) is 5.47. The van der Waals surface area contributed by atoms with Gasteiger partial charge in [-0.05, 0) is 25.0 Å². The maximum absolute atomic E-state index is 12.4. The summed E-state index contributed by atoms with van der Waals surface area (Å²) in [5, 5.41) is 7.40. The number of ether oxygens (including phenoxy) is 1. The van der Waals surface area contributed by atoms with Crippen LogP contribution < -0.4 is 10.1 Å². The van der Waals surface area contributed by atoms with Gasteiger partial charge in [0.05, 0.1) is 6.20 Å². The SMILES string of the molecule is FC(F)(F)Oc1cccc(-c2nc(NC3CC3)n3nccc3n2)c1. The fraction of sp³-hybridized carbons (Fsp3) is 0.267. The standard InChI is InChI=1S/C15H12F3N5O/c16-15(17,18)24-11-3-1-2-9(8-11)13-21-12-6-7-19-23(12)14(22-13)20-10-4-5-10/h1-3,6-8,10H,4-5H2,(H,20,21,22). The molecule has 0 atom stereocenters. The highest BCUT2D eigenvalue weighted by molar-refractivity contribution is 5.62. The molecule has 1 aromatic carbocycles. The van der Waals surface area contributed by atoms with Crippen molar-refractivity contribution in [1.82, 2.24) is 19.6 Å². The lowest BCUT2D eigenvalue weighted by atomic mass is 10.2. The summed E-state index contributed by atoms with van der Waals surface area (Å²) in [4.78, 5) is 8.75. The first-order chi connectivity index (χ1) is 11.5. The number of hydrogen-bond donors (Lipinski definition) is 1. The number of aromatic nitrogens is 4. The molecule has 3 aromatic rings. The Balaban J connectivity index is 1.74. The van der Waals surface area contributed by atoms with Crippen molar-refractivity contribution in [2.24, 2.45) is 0 Å². The first kappa shape index (κ1) is 14.7. The summed E-state index contributed by atoms with van der Waals surface area (Å²) in [6, 6.07) is 7.65. The first-order valence-corrected chi connectivity index (χ1v) is 7.32. The highest BCUT2D eigenvalue weighted by Gasteiger charge is 2.31. The van der Waals surface area contributed by atoms with Crippen LogP contribution in [0.1, 0.15) is 12.8 Å². The van der Waals surface area contributed by atoms with Crippen molar-refractivity contribution in [3.8, 4) is 17.1 Å². The summed E-state index contributed by atoms with van der Waals surface area (Å²) in [6.07, 6.45) is -1.04. The second kappa shape index (κ2) is 5.36. The van der Waals surface area contributed by atoms with E-state index >= 15 is 0 Å². The van der Waals surface area contributed by atoms with Gasteiger partial charge in [0.2, 0.25) is 5.95 Å². The molecule has 0 unspecified atom stereocenters. The number of benzene rings is 1. The number of nitrogens with zero attached hydrogens (tertiary/aromatic N) is 4. The van der Waals surface area contributed by atoms with Crippen molar-refractivity contribution < 1.29 is 17.9 Å². The highest BCUT2D eigenvalue weighted by atomic mass is 19.4. The molecule has 0 spiro atoms. The quantitative estimate of drug-likeness (QED) is 0.793. The van der Waals surface area contributed by atoms with Crippen LogP contribution in [0.2, 0.25) is 0 Å². The molecule has 1 fully saturated rings. The predicted octanol–water partition coefficient (Wildman–Crippen LogP) is 3.26. The fourth-order valence-corrected chi connectivity index (χ4v) is 2.29. The van der Waals surface area contributed by atoms with E-state index in [0.717, 1.165) is 12.8 Å². The Morgan fingerprint density at radius 2 is 2.00 bits per heavy atom. The molecule has 1 aliphatic rings. The molecule has 0 radical (unpaired) electrons. The average Bonchev–Trinajstić information content (AvgIpc) is 3.19. The van der Waals surface area contributed by atoms with Crippen molar-refractivity contribution in [3.05, 3.63) is 36.5 Å². The van der Waals surface area contributed by atoms with E-state index in [-0.39, 0.29) is 5.75 Å². The van der Waals surface area contributed by atoms with Crippen LogP contribution in [0.25, 0.3) is 17.0 Å². The Bertz CT molecular complexity index is 888. The zero-order valence-corrected chi connectivity index (χ0v) is 12.3. The summed E-state index contributed by atoms with van der Waals surface area (Å²) in [7, 11) is 0. The summed E-state index contributed by atoms with van der Waals surface area (Å²) in [6.45, 7) is 0. The maximum atomic E-state index is 12.4. The molecule has 0 saturated heterocycles. The zero-order valence-electron chi connectivity index (χ0n) is 12.3. The molecule has 0 aliphatic heterocycles. The molecule has 9 heteroatoms. The Kier molecular flexibility index (Phi) is 3.29. The lowest BCUT2D eigenvalue weighted by Crippen LogP contribution is -2.17. The molecule has 1 saturated carbocycles. The lowest BCUT2D eigenvalue weighted by Gasteiger charge is -2.11. The summed E-state index contributed by atoms with van der Waals surface area (Å²) < 4.78 is 42.7. The molecule has 4 rings (SSSR count). The second-order valence-electron chi connectivity index (χ2n) is 5.47. The van der Waals surface area contributed by atoms with E-state index in [4.69, 9.17) is 0 Å². The smallest absolute Gasteiger partial charge is 0.406 e. The Hall–Kier alpha value is -2.84. The predicted molar refractivity (Wildman–Crippen MR) is 79.5 cm³/mol. The molecule has 6 nitrogen and oxygen atoms in total. The Morgan fingerprint density at radius 3 is 2.75 bits per heavy atom. The third-order valence-corrected chi connectivity index (χ3v) is 3.49. The number of halogens is 3. The molecule has 1 N–H and O–H groups in total. The van der Waals surface area contributed by atoms with Crippen LogP contribution in [-0.2, 0) is 0 Å². The van der Waals surface area contributed by atoms with Gasteiger partial charge >= 0.3 is 6.36 Å². The van der Waals surface area contributed by atoms with Crippen LogP contribution in [0.15, 0.2) is 36.5 Å². The molecule has 1 aliphatic carbocycles. The first-order valence-electron chi connectivity index (χ1n) is 7.32. The third kappa shape index (κ3) is 3.10. The zero-order chi connectivity index (χ0) is 16.7. The van der Waals surface area contributed by atoms with E-state index < -0.39 is 6.36 Å². The van der Waals surface area contributed by atoms with Gasteiger partial charge in [-0.1, -0.05) is 12.1 Å². The minimum Gasteiger partial charge on any atom is -0.406 e. The van der Waals surface area contributed by atoms with Crippen LogP contribution in [0, 0.1) is 0 Å². The van der Waals surface area contributed by atoms with Gasteiger partial charge in [0.1, 0.15) is 5.75 Å². The molecular weight excluding hydrogens is 323 g/mol. The summed E-state index contributed by atoms with van der Waals surface area (Å²) in [5.41, 5.74) is 0.990. The molecule has 2 heterocycles. The number of anilines is 1. The number of alkyl halides is 3. The fourth-order valence-electron chi connectivity index (χ4n) is 2.29. The largest absolute Gasteiger partial charge is 0.573 e. The molecule has 2 aromatic heterocycles. The van der Waals surface area contributed by atoms with E-state index in [1.165, 1.54) is 18.2 Å². The van der Waals surface area contributed by atoms with Crippen LogP contribution >= 0.6 is 0 Å². The van der Waals surface area contributed by atoms with E-state index in [1.54, 1.807) is 22.8 Å². The minimum absolute atomic E-state index is 0.304. The topological polar surface area (TPSA) is 64.3 Å².